The highest BCUT2D eigenvalue weighted by atomic mass is 16.6. The molecule has 4 heteroatoms. The van der Waals surface area contributed by atoms with Crippen molar-refractivity contribution >= 4 is 5.97 Å². The topological polar surface area (TPSA) is 47.6 Å². The lowest BCUT2D eigenvalue weighted by Crippen LogP contribution is -2.24. The van der Waals surface area contributed by atoms with Gasteiger partial charge in [-0.25, -0.2) is 4.79 Å². The molecule has 1 aliphatic rings. The number of carbonyl (C=O) groups excluding carboxylic acids is 1. The van der Waals surface area contributed by atoms with Gasteiger partial charge in [-0.3, -0.25) is 0 Å². The fourth-order valence-electron chi connectivity index (χ4n) is 2.41. The van der Waals surface area contributed by atoms with Crippen molar-refractivity contribution in [3.8, 4) is 0 Å². The van der Waals surface area contributed by atoms with E-state index in [0.29, 0.717) is 13.2 Å². The number of esters is 1. The zero-order valence-electron chi connectivity index (χ0n) is 11.6. The van der Waals surface area contributed by atoms with Gasteiger partial charge in [-0.05, 0) is 25.8 Å². The van der Waals surface area contributed by atoms with Gasteiger partial charge in [0.05, 0.1) is 13.2 Å². The van der Waals surface area contributed by atoms with Crippen LogP contribution in [0, 0.1) is 5.92 Å². The highest BCUT2D eigenvalue weighted by Crippen LogP contribution is 2.25. The van der Waals surface area contributed by atoms with Crippen molar-refractivity contribution in [1.82, 2.24) is 5.32 Å². The highest BCUT2D eigenvalue weighted by molar-refractivity contribution is 5.70. The van der Waals surface area contributed by atoms with Crippen LogP contribution in [0.5, 0.6) is 0 Å². The van der Waals surface area contributed by atoms with E-state index in [4.69, 9.17) is 9.47 Å². The Balaban J connectivity index is 1.82. The molecule has 0 atom stereocenters. The second-order valence-corrected chi connectivity index (χ2v) is 4.90. The number of carbonyl (C=O) groups is 1. The molecule has 1 rings (SSSR count). The lowest BCUT2D eigenvalue weighted by molar-refractivity contribution is -0.148. The number of rotatable bonds is 9. The van der Waals surface area contributed by atoms with E-state index >= 15 is 0 Å². The van der Waals surface area contributed by atoms with Crippen molar-refractivity contribution < 1.29 is 14.3 Å². The Hall–Kier alpha value is -0.610. The average molecular weight is 257 g/mol. The molecule has 0 spiro atoms. The first-order valence-corrected chi connectivity index (χ1v) is 7.27. The average Bonchev–Trinajstić information content (AvgIpc) is 2.39. The summed E-state index contributed by atoms with van der Waals surface area (Å²) in [5, 5.41) is 3.36. The quantitative estimate of drug-likeness (QED) is 0.508. The van der Waals surface area contributed by atoms with Crippen LogP contribution in [0.2, 0.25) is 0 Å². The zero-order valence-corrected chi connectivity index (χ0v) is 11.6. The fraction of sp³-hybridized carbons (Fsp3) is 0.929. The minimum absolute atomic E-state index is 0.0676. The van der Waals surface area contributed by atoms with E-state index in [1.54, 1.807) is 6.92 Å². The molecular formula is C14H27NO3. The third-order valence-electron chi connectivity index (χ3n) is 3.40. The van der Waals surface area contributed by atoms with E-state index in [9.17, 15) is 4.79 Å². The van der Waals surface area contributed by atoms with Crippen LogP contribution in [-0.2, 0) is 14.3 Å². The largest absolute Gasteiger partial charge is 0.464 e. The van der Waals surface area contributed by atoms with Gasteiger partial charge in [0, 0.05) is 6.54 Å². The Kier molecular flexibility index (Phi) is 8.86. The molecule has 4 nitrogen and oxygen atoms in total. The van der Waals surface area contributed by atoms with Crippen molar-refractivity contribution in [2.75, 3.05) is 32.9 Å². The highest BCUT2D eigenvalue weighted by Gasteiger charge is 2.12. The predicted octanol–water partition coefficient (Wildman–Crippen LogP) is 2.13. The predicted molar refractivity (Wildman–Crippen MR) is 71.5 cm³/mol. The van der Waals surface area contributed by atoms with Crippen molar-refractivity contribution in [3.63, 3.8) is 0 Å². The Morgan fingerprint density at radius 1 is 1.22 bits per heavy atom. The Morgan fingerprint density at radius 2 is 2.00 bits per heavy atom. The van der Waals surface area contributed by atoms with Gasteiger partial charge in [0.1, 0.15) is 6.61 Å². The molecule has 0 unspecified atom stereocenters. The summed E-state index contributed by atoms with van der Waals surface area (Å²) in [7, 11) is 0. The van der Waals surface area contributed by atoms with Crippen LogP contribution in [-0.4, -0.2) is 38.9 Å². The monoisotopic (exact) mass is 257 g/mol. The molecule has 1 N–H and O–H groups in total. The van der Waals surface area contributed by atoms with Crippen LogP contribution in [0.1, 0.15) is 45.4 Å². The maximum atomic E-state index is 11.0. The van der Waals surface area contributed by atoms with E-state index in [1.807, 2.05) is 0 Å². The first kappa shape index (κ1) is 15.4. The molecule has 0 radical (unpaired) electrons. The molecule has 0 heterocycles. The summed E-state index contributed by atoms with van der Waals surface area (Å²) in [5.41, 5.74) is 0. The van der Waals surface area contributed by atoms with Crippen LogP contribution in [0.15, 0.2) is 0 Å². The minimum atomic E-state index is -0.278. The Morgan fingerprint density at radius 3 is 2.72 bits per heavy atom. The van der Waals surface area contributed by atoms with Crippen LogP contribution in [0.3, 0.4) is 0 Å². The van der Waals surface area contributed by atoms with Gasteiger partial charge >= 0.3 is 5.97 Å². The molecule has 0 aliphatic heterocycles. The first-order valence-electron chi connectivity index (χ1n) is 7.27. The van der Waals surface area contributed by atoms with E-state index in [1.165, 1.54) is 38.5 Å². The van der Waals surface area contributed by atoms with E-state index in [0.717, 1.165) is 19.0 Å². The van der Waals surface area contributed by atoms with Crippen LogP contribution >= 0.6 is 0 Å². The molecule has 18 heavy (non-hydrogen) atoms. The van der Waals surface area contributed by atoms with E-state index in [2.05, 4.69) is 5.32 Å². The van der Waals surface area contributed by atoms with Gasteiger partial charge in [0.15, 0.2) is 0 Å². The third-order valence-corrected chi connectivity index (χ3v) is 3.40. The van der Waals surface area contributed by atoms with Gasteiger partial charge in [-0.2, -0.15) is 0 Å². The molecule has 0 aromatic carbocycles. The molecule has 1 saturated carbocycles. The molecule has 0 aromatic rings. The van der Waals surface area contributed by atoms with Crippen LogP contribution < -0.4 is 5.32 Å². The van der Waals surface area contributed by atoms with Crippen molar-refractivity contribution in [2.24, 2.45) is 5.92 Å². The smallest absolute Gasteiger partial charge is 0.332 e. The van der Waals surface area contributed by atoms with Gasteiger partial charge < -0.3 is 14.8 Å². The Labute approximate surface area is 110 Å². The molecule has 1 aliphatic carbocycles. The number of ether oxygens (including phenoxy) is 2. The van der Waals surface area contributed by atoms with Crippen molar-refractivity contribution in [1.29, 1.82) is 0 Å². The third kappa shape index (κ3) is 7.67. The van der Waals surface area contributed by atoms with Gasteiger partial charge in [0.2, 0.25) is 0 Å². The summed E-state index contributed by atoms with van der Waals surface area (Å²) >= 11 is 0. The summed E-state index contributed by atoms with van der Waals surface area (Å²) in [6.07, 6.45) is 8.33. The minimum Gasteiger partial charge on any atom is -0.464 e. The van der Waals surface area contributed by atoms with E-state index in [-0.39, 0.29) is 12.6 Å². The molecule has 0 saturated heterocycles. The normalized spacial score (nSPS) is 16.7. The molecular weight excluding hydrogens is 230 g/mol. The lowest BCUT2D eigenvalue weighted by Gasteiger charge is -2.21. The molecule has 0 aromatic heterocycles. The fourth-order valence-corrected chi connectivity index (χ4v) is 2.41. The SMILES string of the molecule is CCOC(=O)COCCNCCC1CCCCC1. The van der Waals surface area contributed by atoms with Crippen LogP contribution in [0.25, 0.3) is 0 Å². The molecule has 1 fully saturated rings. The number of hydrogen-bond donors (Lipinski definition) is 1. The maximum Gasteiger partial charge on any atom is 0.332 e. The standard InChI is InChI=1S/C14H27NO3/c1-2-18-14(16)12-17-11-10-15-9-8-13-6-4-3-5-7-13/h13,15H,2-12H2,1H3. The summed E-state index contributed by atoms with van der Waals surface area (Å²) in [6, 6.07) is 0. The summed E-state index contributed by atoms with van der Waals surface area (Å²) in [5.74, 6) is 0.645. The Bertz CT molecular complexity index is 215. The summed E-state index contributed by atoms with van der Waals surface area (Å²) in [6.45, 7) is 4.73. The number of nitrogens with one attached hydrogen (secondary N) is 1. The maximum absolute atomic E-state index is 11.0. The second-order valence-electron chi connectivity index (χ2n) is 4.90. The summed E-state index contributed by atoms with van der Waals surface area (Å²) < 4.78 is 9.97. The van der Waals surface area contributed by atoms with Gasteiger partial charge in [0.25, 0.3) is 0 Å². The zero-order chi connectivity index (χ0) is 13.1. The van der Waals surface area contributed by atoms with Crippen LogP contribution in [0.4, 0.5) is 0 Å². The number of hydrogen-bond acceptors (Lipinski definition) is 4. The summed E-state index contributed by atoms with van der Waals surface area (Å²) in [4.78, 5) is 11.0. The lowest BCUT2D eigenvalue weighted by atomic mass is 9.87. The first-order chi connectivity index (χ1) is 8.83. The van der Waals surface area contributed by atoms with Gasteiger partial charge in [-0.15, -0.1) is 0 Å². The van der Waals surface area contributed by atoms with Gasteiger partial charge in [-0.1, -0.05) is 32.1 Å². The molecule has 106 valence electrons. The second kappa shape index (κ2) is 10.3. The van der Waals surface area contributed by atoms with Crippen molar-refractivity contribution in [3.05, 3.63) is 0 Å². The molecule has 0 amide bonds. The van der Waals surface area contributed by atoms with E-state index < -0.39 is 0 Å². The van der Waals surface area contributed by atoms with Crippen molar-refractivity contribution in [2.45, 2.75) is 45.4 Å². The molecule has 0 bridgehead atoms.